The minimum atomic E-state index is 0.00996. The molecule has 2 amide bonds. The summed E-state index contributed by atoms with van der Waals surface area (Å²) in [6.45, 7) is 6.28. The molecule has 3 heterocycles. The number of aromatic nitrogens is 1. The first-order valence-electron chi connectivity index (χ1n) is 9.50. The fraction of sp³-hybridized carbons (Fsp3) is 0.429. The Balaban J connectivity index is 1.35. The summed E-state index contributed by atoms with van der Waals surface area (Å²) < 4.78 is 0. The molecular weight excluding hydrogens is 324 g/mol. The summed E-state index contributed by atoms with van der Waals surface area (Å²) in [6.07, 6.45) is 5.24. The minimum absolute atomic E-state index is 0.00996. The van der Waals surface area contributed by atoms with E-state index in [1.54, 1.807) is 0 Å². The molecule has 1 aromatic heterocycles. The van der Waals surface area contributed by atoms with Crippen LogP contribution in [0.4, 0.5) is 10.6 Å². The van der Waals surface area contributed by atoms with E-state index in [0.717, 1.165) is 37.4 Å². The first-order chi connectivity index (χ1) is 12.7. The van der Waals surface area contributed by atoms with E-state index in [-0.39, 0.29) is 6.03 Å². The molecule has 0 atom stereocenters. The fourth-order valence-corrected chi connectivity index (χ4v) is 3.83. The molecule has 0 saturated carbocycles. The number of fused-ring (bicyclic) bond motifs is 1. The maximum Gasteiger partial charge on any atom is 0.317 e. The number of hydrogen-bond donors (Lipinski definition) is 1. The predicted octanol–water partition coefficient (Wildman–Crippen LogP) is 3.26. The lowest BCUT2D eigenvalue weighted by Crippen LogP contribution is -2.42. The quantitative estimate of drug-likeness (QED) is 0.924. The summed E-state index contributed by atoms with van der Waals surface area (Å²) in [5, 5.41) is 3.07. The molecule has 1 fully saturated rings. The van der Waals surface area contributed by atoms with E-state index in [0.29, 0.717) is 13.1 Å². The van der Waals surface area contributed by atoms with Crippen LogP contribution in [-0.2, 0) is 19.5 Å². The minimum Gasteiger partial charge on any atom is -0.357 e. The number of pyridine rings is 1. The van der Waals surface area contributed by atoms with Crippen LogP contribution < -0.4 is 10.2 Å². The van der Waals surface area contributed by atoms with Crippen molar-refractivity contribution in [1.82, 2.24) is 15.2 Å². The number of nitrogens with one attached hydrogen (secondary N) is 1. The van der Waals surface area contributed by atoms with Crippen LogP contribution in [-0.4, -0.2) is 35.5 Å². The summed E-state index contributed by atoms with van der Waals surface area (Å²) in [5.74, 6) is 1.02. The Kier molecular flexibility index (Phi) is 4.78. The van der Waals surface area contributed by atoms with Gasteiger partial charge in [-0.3, -0.25) is 0 Å². The maximum absolute atomic E-state index is 12.6. The number of anilines is 1. The predicted molar refractivity (Wildman–Crippen MR) is 103 cm³/mol. The van der Waals surface area contributed by atoms with Gasteiger partial charge in [0, 0.05) is 38.9 Å². The average molecular weight is 350 g/mol. The molecule has 5 heteroatoms. The number of aryl methyl sites for hydroxylation is 1. The smallest absolute Gasteiger partial charge is 0.317 e. The highest BCUT2D eigenvalue weighted by Gasteiger charge is 2.20. The van der Waals surface area contributed by atoms with Gasteiger partial charge in [-0.05, 0) is 55.0 Å². The Morgan fingerprint density at radius 2 is 1.96 bits per heavy atom. The summed E-state index contributed by atoms with van der Waals surface area (Å²) in [7, 11) is 0. The molecule has 5 nitrogen and oxygen atoms in total. The van der Waals surface area contributed by atoms with Crippen LogP contribution >= 0.6 is 0 Å². The van der Waals surface area contributed by atoms with Gasteiger partial charge >= 0.3 is 6.03 Å². The number of benzene rings is 1. The van der Waals surface area contributed by atoms with Gasteiger partial charge < -0.3 is 15.1 Å². The molecule has 0 aliphatic carbocycles. The van der Waals surface area contributed by atoms with Crippen molar-refractivity contribution in [2.75, 3.05) is 24.5 Å². The number of urea groups is 1. The Morgan fingerprint density at radius 1 is 1.12 bits per heavy atom. The molecule has 26 heavy (non-hydrogen) atoms. The Bertz CT molecular complexity index is 798. The second kappa shape index (κ2) is 7.36. The number of carbonyl (C=O) groups excluding carboxylic acids is 1. The molecule has 2 aliphatic rings. The van der Waals surface area contributed by atoms with Gasteiger partial charge in [-0.25, -0.2) is 9.78 Å². The Hall–Kier alpha value is -2.56. The van der Waals surface area contributed by atoms with E-state index >= 15 is 0 Å². The first-order valence-corrected chi connectivity index (χ1v) is 9.50. The second-order valence-electron chi connectivity index (χ2n) is 7.32. The third kappa shape index (κ3) is 3.66. The van der Waals surface area contributed by atoms with Gasteiger partial charge in [-0.2, -0.15) is 0 Å². The van der Waals surface area contributed by atoms with Crippen molar-refractivity contribution >= 4 is 11.8 Å². The van der Waals surface area contributed by atoms with Crippen LogP contribution in [0.25, 0.3) is 0 Å². The standard InChI is InChI=1S/C21H26N4O/c1-16-4-5-19-15-25(11-7-18(19)12-16)21(26)23-14-17-6-8-22-20(13-17)24-9-2-3-10-24/h4-6,8,12-13H,2-3,7,9-11,14-15H2,1H3,(H,23,26). The van der Waals surface area contributed by atoms with Crippen molar-refractivity contribution in [3.05, 3.63) is 58.8 Å². The zero-order valence-electron chi connectivity index (χ0n) is 15.4. The van der Waals surface area contributed by atoms with Gasteiger partial charge in [-0.1, -0.05) is 23.8 Å². The summed E-state index contributed by atoms with van der Waals surface area (Å²) >= 11 is 0. The topological polar surface area (TPSA) is 48.5 Å². The molecule has 1 N–H and O–H groups in total. The SMILES string of the molecule is Cc1ccc2c(c1)CCN(C(=O)NCc1ccnc(N3CCCC3)c1)C2. The number of rotatable bonds is 3. The molecule has 2 aliphatic heterocycles. The van der Waals surface area contributed by atoms with Crippen LogP contribution in [0.15, 0.2) is 36.5 Å². The van der Waals surface area contributed by atoms with E-state index < -0.39 is 0 Å². The lowest BCUT2D eigenvalue weighted by Gasteiger charge is -2.29. The van der Waals surface area contributed by atoms with Crippen LogP contribution in [0.2, 0.25) is 0 Å². The van der Waals surface area contributed by atoms with Crippen molar-refractivity contribution in [3.63, 3.8) is 0 Å². The average Bonchev–Trinajstić information content (AvgIpc) is 3.21. The normalized spacial score (nSPS) is 16.5. The lowest BCUT2D eigenvalue weighted by atomic mass is 9.98. The largest absolute Gasteiger partial charge is 0.357 e. The van der Waals surface area contributed by atoms with Crippen molar-refractivity contribution in [2.24, 2.45) is 0 Å². The summed E-state index contributed by atoms with van der Waals surface area (Å²) in [5.41, 5.74) is 5.02. The summed E-state index contributed by atoms with van der Waals surface area (Å²) in [6, 6.07) is 10.6. The van der Waals surface area contributed by atoms with Crippen LogP contribution in [0.5, 0.6) is 0 Å². The lowest BCUT2D eigenvalue weighted by molar-refractivity contribution is 0.192. The van der Waals surface area contributed by atoms with E-state index in [2.05, 4.69) is 46.4 Å². The molecule has 136 valence electrons. The number of hydrogen-bond acceptors (Lipinski definition) is 3. The summed E-state index contributed by atoms with van der Waals surface area (Å²) in [4.78, 5) is 21.3. The van der Waals surface area contributed by atoms with Crippen molar-refractivity contribution in [1.29, 1.82) is 0 Å². The molecular formula is C21H26N4O. The number of carbonyl (C=O) groups is 1. The Morgan fingerprint density at radius 3 is 2.81 bits per heavy atom. The van der Waals surface area contributed by atoms with Gasteiger partial charge in [0.1, 0.15) is 5.82 Å². The van der Waals surface area contributed by atoms with Gasteiger partial charge in [0.25, 0.3) is 0 Å². The van der Waals surface area contributed by atoms with E-state index in [9.17, 15) is 4.79 Å². The van der Waals surface area contributed by atoms with Crippen molar-refractivity contribution < 1.29 is 4.79 Å². The van der Waals surface area contributed by atoms with Gasteiger partial charge in [-0.15, -0.1) is 0 Å². The molecule has 0 spiro atoms. The van der Waals surface area contributed by atoms with E-state index in [4.69, 9.17) is 0 Å². The van der Waals surface area contributed by atoms with Crippen LogP contribution in [0.3, 0.4) is 0 Å². The molecule has 1 aromatic carbocycles. The van der Waals surface area contributed by atoms with Crippen molar-refractivity contribution in [3.8, 4) is 0 Å². The molecule has 1 saturated heterocycles. The fourth-order valence-electron chi connectivity index (χ4n) is 3.83. The Labute approximate surface area is 155 Å². The van der Waals surface area contributed by atoms with E-state index in [1.807, 2.05) is 17.2 Å². The monoisotopic (exact) mass is 350 g/mol. The highest BCUT2D eigenvalue weighted by Crippen LogP contribution is 2.21. The van der Waals surface area contributed by atoms with Crippen molar-refractivity contribution in [2.45, 2.75) is 39.3 Å². The van der Waals surface area contributed by atoms with Gasteiger partial charge in [0.15, 0.2) is 0 Å². The third-order valence-electron chi connectivity index (χ3n) is 5.34. The zero-order chi connectivity index (χ0) is 17.9. The molecule has 0 unspecified atom stereocenters. The van der Waals surface area contributed by atoms with E-state index in [1.165, 1.54) is 29.5 Å². The third-order valence-corrected chi connectivity index (χ3v) is 5.34. The number of nitrogens with zero attached hydrogens (tertiary/aromatic N) is 3. The number of amides is 2. The molecule has 0 radical (unpaired) electrons. The molecule has 0 bridgehead atoms. The van der Waals surface area contributed by atoms with Crippen LogP contribution in [0.1, 0.15) is 35.1 Å². The highest BCUT2D eigenvalue weighted by molar-refractivity contribution is 5.74. The first kappa shape index (κ1) is 16.9. The zero-order valence-corrected chi connectivity index (χ0v) is 15.4. The second-order valence-corrected chi connectivity index (χ2v) is 7.32. The van der Waals surface area contributed by atoms with Gasteiger partial charge in [0.2, 0.25) is 0 Å². The molecule has 4 rings (SSSR count). The highest BCUT2D eigenvalue weighted by atomic mass is 16.2. The van der Waals surface area contributed by atoms with Crippen LogP contribution in [0, 0.1) is 6.92 Å². The maximum atomic E-state index is 12.6. The van der Waals surface area contributed by atoms with Gasteiger partial charge in [0.05, 0.1) is 0 Å². The molecule has 2 aromatic rings.